The van der Waals surface area contributed by atoms with Crippen molar-refractivity contribution in [2.24, 2.45) is 0 Å². The molecule has 0 unspecified atom stereocenters. The lowest BCUT2D eigenvalue weighted by molar-refractivity contribution is 0.0729. The summed E-state index contributed by atoms with van der Waals surface area (Å²) in [6.07, 6.45) is 3.73. The molecular weight excluding hydrogens is 284 g/mol. The van der Waals surface area contributed by atoms with Crippen molar-refractivity contribution in [3.8, 4) is 0 Å². The largest absolute Gasteiger partial charge is 0.331 e. The molecule has 2 aromatic rings. The second-order valence-corrected chi connectivity index (χ2v) is 5.85. The van der Waals surface area contributed by atoms with Gasteiger partial charge in [-0.3, -0.25) is 4.79 Å². The number of aryl methyl sites for hydroxylation is 1. The highest BCUT2D eigenvalue weighted by atomic mass is 35.5. The minimum atomic E-state index is -0.0313. The van der Waals surface area contributed by atoms with Gasteiger partial charge < -0.3 is 4.90 Å². The Labute approximate surface area is 129 Å². The van der Waals surface area contributed by atoms with Crippen LogP contribution in [0.25, 0.3) is 0 Å². The first kappa shape index (κ1) is 14.1. The molecule has 0 aliphatic heterocycles. The SMILES string of the molecule is Cc1ccc(CN(C(=O)c2cccnc2Cl)C2CC2)cc1. The van der Waals surface area contributed by atoms with E-state index in [1.54, 1.807) is 18.3 Å². The van der Waals surface area contributed by atoms with Gasteiger partial charge >= 0.3 is 0 Å². The lowest BCUT2D eigenvalue weighted by Crippen LogP contribution is -2.32. The van der Waals surface area contributed by atoms with Crippen LogP contribution in [0.4, 0.5) is 0 Å². The summed E-state index contributed by atoms with van der Waals surface area (Å²) >= 11 is 6.05. The van der Waals surface area contributed by atoms with Gasteiger partial charge in [-0.2, -0.15) is 0 Å². The van der Waals surface area contributed by atoms with E-state index in [1.165, 1.54) is 5.56 Å². The average molecular weight is 301 g/mol. The van der Waals surface area contributed by atoms with Gasteiger partial charge in [-0.15, -0.1) is 0 Å². The van der Waals surface area contributed by atoms with Gasteiger partial charge in [0, 0.05) is 18.8 Å². The first-order valence-electron chi connectivity index (χ1n) is 7.12. The third kappa shape index (κ3) is 3.24. The van der Waals surface area contributed by atoms with E-state index in [9.17, 15) is 4.79 Å². The molecule has 0 bridgehead atoms. The summed E-state index contributed by atoms with van der Waals surface area (Å²) < 4.78 is 0. The summed E-state index contributed by atoms with van der Waals surface area (Å²) in [6, 6.07) is 12.1. The lowest BCUT2D eigenvalue weighted by atomic mass is 10.1. The molecule has 1 heterocycles. The fourth-order valence-electron chi connectivity index (χ4n) is 2.34. The number of rotatable bonds is 4. The molecule has 0 saturated heterocycles. The van der Waals surface area contributed by atoms with Crippen LogP contribution >= 0.6 is 11.6 Å². The molecule has 108 valence electrons. The maximum atomic E-state index is 12.7. The Bertz CT molecular complexity index is 650. The number of pyridine rings is 1. The van der Waals surface area contributed by atoms with E-state index < -0.39 is 0 Å². The fourth-order valence-corrected chi connectivity index (χ4v) is 2.54. The van der Waals surface area contributed by atoms with Gasteiger partial charge in [0.15, 0.2) is 0 Å². The Morgan fingerprint density at radius 3 is 2.62 bits per heavy atom. The smallest absolute Gasteiger partial charge is 0.257 e. The lowest BCUT2D eigenvalue weighted by Gasteiger charge is -2.23. The van der Waals surface area contributed by atoms with Crippen molar-refractivity contribution in [2.75, 3.05) is 0 Å². The third-order valence-corrected chi connectivity index (χ3v) is 4.01. The van der Waals surface area contributed by atoms with Crippen molar-refractivity contribution in [1.82, 2.24) is 9.88 Å². The van der Waals surface area contributed by atoms with Crippen LogP contribution in [0.1, 0.15) is 34.3 Å². The Morgan fingerprint density at radius 2 is 2.00 bits per heavy atom. The molecule has 0 atom stereocenters. The number of halogens is 1. The number of hydrogen-bond donors (Lipinski definition) is 0. The molecule has 4 heteroatoms. The fraction of sp³-hybridized carbons (Fsp3) is 0.294. The molecule has 0 radical (unpaired) electrons. The second-order valence-electron chi connectivity index (χ2n) is 5.49. The quantitative estimate of drug-likeness (QED) is 0.804. The van der Waals surface area contributed by atoms with Crippen molar-refractivity contribution in [3.63, 3.8) is 0 Å². The number of nitrogens with zero attached hydrogens (tertiary/aromatic N) is 2. The topological polar surface area (TPSA) is 33.2 Å². The first-order chi connectivity index (χ1) is 10.1. The zero-order valence-corrected chi connectivity index (χ0v) is 12.7. The van der Waals surface area contributed by atoms with Crippen LogP contribution in [0.15, 0.2) is 42.6 Å². The minimum absolute atomic E-state index is 0.0313. The summed E-state index contributed by atoms with van der Waals surface area (Å²) in [6.45, 7) is 2.68. The zero-order valence-electron chi connectivity index (χ0n) is 11.9. The third-order valence-electron chi connectivity index (χ3n) is 3.71. The van der Waals surface area contributed by atoms with Crippen LogP contribution < -0.4 is 0 Å². The van der Waals surface area contributed by atoms with Gasteiger partial charge in [-0.1, -0.05) is 41.4 Å². The van der Waals surface area contributed by atoms with Crippen molar-refractivity contribution >= 4 is 17.5 Å². The maximum absolute atomic E-state index is 12.7. The van der Waals surface area contributed by atoms with Crippen molar-refractivity contribution < 1.29 is 4.79 Å². The van der Waals surface area contributed by atoms with Crippen molar-refractivity contribution in [1.29, 1.82) is 0 Å². The van der Waals surface area contributed by atoms with Gasteiger partial charge in [0.05, 0.1) is 5.56 Å². The molecule has 1 amide bonds. The number of amides is 1. The van der Waals surface area contributed by atoms with Gasteiger partial charge in [0.25, 0.3) is 5.91 Å². The van der Waals surface area contributed by atoms with Crippen LogP contribution in [0.2, 0.25) is 5.15 Å². The molecule has 0 spiro atoms. The molecule has 1 saturated carbocycles. The van der Waals surface area contributed by atoms with E-state index in [1.807, 2.05) is 4.90 Å². The second kappa shape index (κ2) is 5.86. The molecule has 1 aromatic heterocycles. The highest BCUT2D eigenvalue weighted by Gasteiger charge is 2.33. The van der Waals surface area contributed by atoms with Gasteiger partial charge in [-0.25, -0.2) is 4.98 Å². The van der Waals surface area contributed by atoms with E-state index in [4.69, 9.17) is 11.6 Å². The highest BCUT2D eigenvalue weighted by Crippen LogP contribution is 2.30. The van der Waals surface area contributed by atoms with E-state index >= 15 is 0 Å². The monoisotopic (exact) mass is 300 g/mol. The average Bonchev–Trinajstić information content (AvgIpc) is 3.31. The molecule has 3 rings (SSSR count). The molecule has 1 aliphatic carbocycles. The molecule has 3 nitrogen and oxygen atoms in total. The number of hydrogen-bond acceptors (Lipinski definition) is 2. The maximum Gasteiger partial charge on any atom is 0.257 e. The summed E-state index contributed by atoms with van der Waals surface area (Å²) in [5.41, 5.74) is 2.84. The predicted octanol–water partition coefficient (Wildman–Crippen LogP) is 3.85. The number of benzene rings is 1. The van der Waals surface area contributed by atoms with Crippen LogP contribution in [-0.2, 0) is 6.54 Å². The molecule has 1 fully saturated rings. The number of carbonyl (C=O) groups excluding carboxylic acids is 1. The summed E-state index contributed by atoms with van der Waals surface area (Å²) in [5.74, 6) is -0.0313. The number of carbonyl (C=O) groups is 1. The molecular formula is C17H17ClN2O. The van der Waals surface area contributed by atoms with E-state index in [0.717, 1.165) is 18.4 Å². The Hall–Kier alpha value is -1.87. The van der Waals surface area contributed by atoms with E-state index in [0.29, 0.717) is 18.2 Å². The van der Waals surface area contributed by atoms with Crippen LogP contribution in [0, 0.1) is 6.92 Å². The normalized spacial score (nSPS) is 14.0. The highest BCUT2D eigenvalue weighted by molar-refractivity contribution is 6.32. The predicted molar refractivity (Wildman–Crippen MR) is 83.3 cm³/mol. The first-order valence-corrected chi connectivity index (χ1v) is 7.50. The van der Waals surface area contributed by atoms with Crippen molar-refractivity contribution in [3.05, 3.63) is 64.4 Å². The Morgan fingerprint density at radius 1 is 1.29 bits per heavy atom. The van der Waals surface area contributed by atoms with Crippen molar-refractivity contribution in [2.45, 2.75) is 32.4 Å². The van der Waals surface area contributed by atoms with Gasteiger partial charge in [0.1, 0.15) is 5.15 Å². The van der Waals surface area contributed by atoms with E-state index in [2.05, 4.69) is 36.2 Å². The van der Waals surface area contributed by atoms with Gasteiger partial charge in [0.2, 0.25) is 0 Å². The molecule has 1 aromatic carbocycles. The van der Waals surface area contributed by atoms with Gasteiger partial charge in [-0.05, 0) is 37.5 Å². The summed E-state index contributed by atoms with van der Waals surface area (Å²) in [4.78, 5) is 18.6. The van der Waals surface area contributed by atoms with Crippen LogP contribution in [-0.4, -0.2) is 21.8 Å². The van der Waals surface area contributed by atoms with E-state index in [-0.39, 0.29) is 11.1 Å². The molecule has 21 heavy (non-hydrogen) atoms. The summed E-state index contributed by atoms with van der Waals surface area (Å²) in [5, 5.41) is 0.275. The minimum Gasteiger partial charge on any atom is -0.331 e. The Balaban J connectivity index is 1.83. The molecule has 0 N–H and O–H groups in total. The standard InChI is InChI=1S/C17H17ClN2O/c1-12-4-6-13(7-5-12)11-20(14-8-9-14)17(21)15-3-2-10-19-16(15)18/h2-7,10,14H,8-9,11H2,1H3. The van der Waals surface area contributed by atoms with Crippen LogP contribution in [0.5, 0.6) is 0 Å². The van der Waals surface area contributed by atoms with Crippen LogP contribution in [0.3, 0.4) is 0 Å². The zero-order chi connectivity index (χ0) is 14.8. The Kier molecular flexibility index (Phi) is 3.93. The summed E-state index contributed by atoms with van der Waals surface area (Å²) in [7, 11) is 0. The number of aromatic nitrogens is 1. The molecule has 1 aliphatic rings.